The smallest absolute Gasteiger partial charge is 0.129 e. The highest BCUT2D eigenvalue weighted by Gasteiger charge is 2.20. The third kappa shape index (κ3) is 2.94. The summed E-state index contributed by atoms with van der Waals surface area (Å²) in [5, 5.41) is 3.53. The number of aryl methyl sites for hydroxylation is 1. The monoisotopic (exact) mass is 219 g/mol. The first kappa shape index (κ1) is 11.4. The zero-order valence-electron chi connectivity index (χ0n) is 10.2. The van der Waals surface area contributed by atoms with Crippen molar-refractivity contribution in [3.63, 3.8) is 0 Å². The maximum absolute atomic E-state index is 4.26. The Morgan fingerprint density at radius 1 is 1.38 bits per heavy atom. The summed E-state index contributed by atoms with van der Waals surface area (Å²) in [6.45, 7) is 4.30. The normalized spacial score (nSPS) is 25.4. The summed E-state index contributed by atoms with van der Waals surface area (Å²) in [6, 6.07) is 2.63. The van der Waals surface area contributed by atoms with Gasteiger partial charge in [-0.15, -0.1) is 0 Å². The minimum absolute atomic E-state index is 0.605. The Morgan fingerprint density at radius 2 is 2.25 bits per heavy atom. The van der Waals surface area contributed by atoms with E-state index in [1.54, 1.807) is 6.33 Å². The molecular weight excluding hydrogens is 198 g/mol. The van der Waals surface area contributed by atoms with Crippen LogP contribution in [-0.4, -0.2) is 16.0 Å². The van der Waals surface area contributed by atoms with E-state index in [0.29, 0.717) is 6.04 Å². The second-order valence-corrected chi connectivity index (χ2v) is 4.83. The molecule has 1 aromatic rings. The topological polar surface area (TPSA) is 37.8 Å². The highest BCUT2D eigenvalue weighted by atomic mass is 15.0. The number of rotatable bonds is 3. The van der Waals surface area contributed by atoms with E-state index < -0.39 is 0 Å². The van der Waals surface area contributed by atoms with Crippen molar-refractivity contribution in [1.82, 2.24) is 9.97 Å². The van der Waals surface area contributed by atoms with Crippen LogP contribution >= 0.6 is 0 Å². The van der Waals surface area contributed by atoms with E-state index in [9.17, 15) is 0 Å². The van der Waals surface area contributed by atoms with E-state index in [4.69, 9.17) is 0 Å². The van der Waals surface area contributed by atoms with E-state index in [2.05, 4.69) is 22.2 Å². The quantitative estimate of drug-likeness (QED) is 0.848. The Balaban J connectivity index is 1.94. The summed E-state index contributed by atoms with van der Waals surface area (Å²) in [7, 11) is 0. The fourth-order valence-electron chi connectivity index (χ4n) is 2.54. The molecule has 1 N–H and O–H groups in total. The van der Waals surface area contributed by atoms with Crippen LogP contribution in [0.4, 0.5) is 5.82 Å². The molecule has 0 saturated heterocycles. The highest BCUT2D eigenvalue weighted by molar-refractivity contribution is 5.35. The molecule has 1 aromatic heterocycles. The van der Waals surface area contributed by atoms with Crippen LogP contribution in [-0.2, 0) is 0 Å². The fraction of sp³-hybridized carbons (Fsp3) is 0.692. The van der Waals surface area contributed by atoms with Crippen molar-refractivity contribution in [3.05, 3.63) is 18.1 Å². The van der Waals surface area contributed by atoms with Gasteiger partial charge in [-0.05, 0) is 25.7 Å². The van der Waals surface area contributed by atoms with Gasteiger partial charge in [-0.1, -0.05) is 26.2 Å². The predicted molar refractivity (Wildman–Crippen MR) is 66.4 cm³/mol. The van der Waals surface area contributed by atoms with Gasteiger partial charge >= 0.3 is 0 Å². The third-order valence-electron chi connectivity index (χ3n) is 3.52. The number of hydrogen-bond donors (Lipinski definition) is 1. The number of aromatic nitrogens is 2. The van der Waals surface area contributed by atoms with Crippen molar-refractivity contribution in [2.75, 3.05) is 5.32 Å². The molecule has 0 aliphatic heterocycles. The van der Waals surface area contributed by atoms with Crippen LogP contribution in [0.5, 0.6) is 0 Å². The Kier molecular flexibility index (Phi) is 3.75. The molecule has 88 valence electrons. The summed E-state index contributed by atoms with van der Waals surface area (Å²) < 4.78 is 0. The first-order chi connectivity index (χ1) is 7.78. The summed E-state index contributed by atoms with van der Waals surface area (Å²) in [6.07, 6.45) is 8.26. The first-order valence-corrected chi connectivity index (χ1v) is 6.33. The average molecular weight is 219 g/mol. The van der Waals surface area contributed by atoms with Gasteiger partial charge in [0.25, 0.3) is 0 Å². The van der Waals surface area contributed by atoms with Crippen LogP contribution in [0, 0.1) is 12.8 Å². The van der Waals surface area contributed by atoms with E-state index in [0.717, 1.165) is 17.4 Å². The van der Waals surface area contributed by atoms with Gasteiger partial charge in [-0.25, -0.2) is 9.97 Å². The third-order valence-corrected chi connectivity index (χ3v) is 3.52. The Hall–Kier alpha value is -1.12. The largest absolute Gasteiger partial charge is 0.367 e. The lowest BCUT2D eigenvalue weighted by atomic mass is 9.84. The van der Waals surface area contributed by atoms with Crippen molar-refractivity contribution in [2.24, 2.45) is 5.92 Å². The van der Waals surface area contributed by atoms with Gasteiger partial charge in [0.1, 0.15) is 12.1 Å². The summed E-state index contributed by atoms with van der Waals surface area (Å²) in [5.74, 6) is 1.88. The second-order valence-electron chi connectivity index (χ2n) is 4.83. The molecular formula is C13H21N3. The van der Waals surface area contributed by atoms with Crippen LogP contribution in [0.2, 0.25) is 0 Å². The fourth-order valence-corrected chi connectivity index (χ4v) is 2.54. The number of nitrogens with zero attached hydrogens (tertiary/aromatic N) is 2. The van der Waals surface area contributed by atoms with Crippen LogP contribution in [0.3, 0.4) is 0 Å². The molecule has 1 fully saturated rings. The minimum atomic E-state index is 0.605. The maximum atomic E-state index is 4.26. The van der Waals surface area contributed by atoms with E-state index >= 15 is 0 Å². The number of nitrogens with one attached hydrogen (secondary N) is 1. The summed E-state index contributed by atoms with van der Waals surface area (Å²) in [5.41, 5.74) is 1.03. The van der Waals surface area contributed by atoms with Gasteiger partial charge in [0, 0.05) is 17.8 Å². The second kappa shape index (κ2) is 5.28. The molecule has 3 heteroatoms. The van der Waals surface area contributed by atoms with Crippen molar-refractivity contribution >= 4 is 5.82 Å². The lowest BCUT2D eigenvalue weighted by Crippen LogP contribution is -2.27. The molecule has 0 bridgehead atoms. The molecule has 0 aromatic carbocycles. The number of hydrogen-bond acceptors (Lipinski definition) is 3. The highest BCUT2D eigenvalue weighted by Crippen LogP contribution is 2.28. The van der Waals surface area contributed by atoms with Crippen molar-refractivity contribution in [3.8, 4) is 0 Å². The Morgan fingerprint density at radius 3 is 3.00 bits per heavy atom. The molecule has 1 aliphatic rings. The summed E-state index contributed by atoms with van der Waals surface area (Å²) >= 11 is 0. The zero-order valence-corrected chi connectivity index (χ0v) is 10.2. The van der Waals surface area contributed by atoms with Crippen molar-refractivity contribution in [1.29, 1.82) is 0 Å². The Bertz CT molecular complexity index is 338. The summed E-state index contributed by atoms with van der Waals surface area (Å²) in [4.78, 5) is 8.38. The van der Waals surface area contributed by atoms with Gasteiger partial charge < -0.3 is 5.32 Å². The molecule has 2 unspecified atom stereocenters. The first-order valence-electron chi connectivity index (χ1n) is 6.33. The van der Waals surface area contributed by atoms with Gasteiger partial charge in [-0.3, -0.25) is 0 Å². The van der Waals surface area contributed by atoms with Gasteiger partial charge in [0.15, 0.2) is 0 Å². The zero-order chi connectivity index (χ0) is 11.4. The Labute approximate surface area is 97.7 Å². The van der Waals surface area contributed by atoms with Crippen LogP contribution in [0.15, 0.2) is 12.4 Å². The molecule has 0 radical (unpaired) electrons. The SMILES string of the molecule is CCC1CCCC(Nc2cc(C)ncn2)C1. The van der Waals surface area contributed by atoms with Crippen LogP contribution < -0.4 is 5.32 Å². The molecule has 3 nitrogen and oxygen atoms in total. The standard InChI is InChI=1S/C13H21N3/c1-3-11-5-4-6-12(8-11)16-13-7-10(2)14-9-15-13/h7,9,11-12H,3-6,8H2,1-2H3,(H,14,15,16). The van der Waals surface area contributed by atoms with Crippen LogP contribution in [0.1, 0.15) is 44.7 Å². The van der Waals surface area contributed by atoms with Gasteiger partial charge in [0.05, 0.1) is 0 Å². The number of anilines is 1. The van der Waals surface area contributed by atoms with Gasteiger partial charge in [0.2, 0.25) is 0 Å². The molecule has 0 amide bonds. The maximum Gasteiger partial charge on any atom is 0.129 e. The lowest BCUT2D eigenvalue weighted by Gasteiger charge is -2.29. The van der Waals surface area contributed by atoms with Crippen LogP contribution in [0.25, 0.3) is 0 Å². The average Bonchev–Trinajstić information content (AvgIpc) is 2.29. The molecule has 1 heterocycles. The van der Waals surface area contributed by atoms with E-state index in [-0.39, 0.29) is 0 Å². The molecule has 2 atom stereocenters. The molecule has 16 heavy (non-hydrogen) atoms. The molecule has 0 spiro atoms. The van der Waals surface area contributed by atoms with Crippen molar-refractivity contribution in [2.45, 2.75) is 52.0 Å². The molecule has 2 rings (SSSR count). The van der Waals surface area contributed by atoms with E-state index in [1.807, 2.05) is 13.0 Å². The predicted octanol–water partition coefficient (Wildman–Crippen LogP) is 3.17. The van der Waals surface area contributed by atoms with Gasteiger partial charge in [-0.2, -0.15) is 0 Å². The minimum Gasteiger partial charge on any atom is -0.367 e. The molecule has 1 aliphatic carbocycles. The van der Waals surface area contributed by atoms with Crippen molar-refractivity contribution < 1.29 is 0 Å². The van der Waals surface area contributed by atoms with E-state index in [1.165, 1.54) is 32.1 Å². The lowest BCUT2D eigenvalue weighted by molar-refractivity contribution is 0.327. The molecule has 1 saturated carbocycles.